The Morgan fingerprint density at radius 3 is 2.33 bits per heavy atom. The monoisotopic (exact) mass is 208 g/mol. The molecule has 0 radical (unpaired) electrons. The minimum absolute atomic E-state index is 0.0982. The van der Waals surface area contributed by atoms with E-state index in [-0.39, 0.29) is 5.41 Å². The molecule has 0 aliphatic rings. The molecule has 1 aromatic carbocycles. The average Bonchev–Trinajstić information content (AvgIpc) is 2.11. The smallest absolute Gasteiger partial charge is 0.124 e. The van der Waals surface area contributed by atoms with Crippen molar-refractivity contribution in [3.63, 3.8) is 0 Å². The molecule has 0 spiro atoms. The molecule has 0 bridgehead atoms. The van der Waals surface area contributed by atoms with Crippen molar-refractivity contribution in [2.45, 2.75) is 39.7 Å². The number of methoxy groups -OCH3 is 1. The zero-order valence-electron chi connectivity index (χ0n) is 10.2. The number of aryl methyl sites for hydroxylation is 1. The summed E-state index contributed by atoms with van der Waals surface area (Å²) in [5.74, 6) is 0.352. The van der Waals surface area contributed by atoms with Crippen LogP contribution < -0.4 is 0 Å². The molecule has 15 heavy (non-hydrogen) atoms. The zero-order valence-corrected chi connectivity index (χ0v) is 10.2. The minimum atomic E-state index is 0.0982. The first-order valence-electron chi connectivity index (χ1n) is 5.18. The Hall–Kier alpha value is -1.02. The molecule has 0 saturated heterocycles. The maximum Gasteiger partial charge on any atom is 0.124 e. The summed E-state index contributed by atoms with van der Waals surface area (Å²) >= 11 is 0. The summed E-state index contributed by atoms with van der Waals surface area (Å²) in [6.07, 6.45) is 0. The van der Waals surface area contributed by atoms with Crippen LogP contribution in [0.4, 0.5) is 0 Å². The Bertz CT molecular complexity index is 348. The van der Waals surface area contributed by atoms with E-state index >= 15 is 0 Å². The van der Waals surface area contributed by atoms with Crippen molar-refractivity contribution in [3.8, 4) is 5.75 Å². The lowest BCUT2D eigenvalue weighted by molar-refractivity contribution is 0.181. The summed E-state index contributed by atoms with van der Waals surface area (Å²) in [7, 11) is 1.64. The molecule has 0 heterocycles. The van der Waals surface area contributed by atoms with Crippen molar-refractivity contribution in [1.29, 1.82) is 0 Å². The summed E-state index contributed by atoms with van der Waals surface area (Å²) < 4.78 is 5.07. The normalized spacial score (nSPS) is 11.8. The van der Waals surface area contributed by atoms with Crippen LogP contribution in [0.3, 0.4) is 0 Å². The Balaban J connectivity index is 3.23. The molecule has 0 saturated carbocycles. The highest BCUT2D eigenvalue weighted by atomic mass is 16.5. The van der Waals surface area contributed by atoms with Crippen LogP contribution in [-0.4, -0.2) is 12.2 Å². The molecule has 0 fully saturated rings. The first kappa shape index (κ1) is 12.1. The molecule has 0 aromatic heterocycles. The van der Waals surface area contributed by atoms with Gasteiger partial charge in [0.1, 0.15) is 5.75 Å². The molecule has 84 valence electrons. The molecule has 0 unspecified atom stereocenters. The molecule has 2 nitrogen and oxygen atoms in total. The van der Waals surface area contributed by atoms with Crippen LogP contribution in [0.15, 0.2) is 12.1 Å². The lowest BCUT2D eigenvalue weighted by Gasteiger charge is -2.21. The lowest BCUT2D eigenvalue weighted by atomic mass is 9.85. The molecule has 1 N–H and O–H groups in total. The summed E-state index contributed by atoms with van der Waals surface area (Å²) in [5, 5.41) is 9.84. The molecular weight excluding hydrogens is 188 g/mol. The van der Waals surface area contributed by atoms with Crippen molar-refractivity contribution in [1.82, 2.24) is 0 Å². The first-order chi connectivity index (χ1) is 6.86. The predicted octanol–water partition coefficient (Wildman–Crippen LogP) is 3.14. The third-order valence-corrected chi connectivity index (χ3v) is 2.55. The molecule has 0 aliphatic carbocycles. The quantitative estimate of drug-likeness (QED) is 0.809. The van der Waals surface area contributed by atoms with Gasteiger partial charge in [-0.05, 0) is 29.5 Å². The summed E-state index contributed by atoms with van der Waals surface area (Å²) in [6.45, 7) is 8.86. The van der Waals surface area contributed by atoms with Gasteiger partial charge in [0, 0.05) is 12.7 Å². The van der Waals surface area contributed by atoms with Crippen molar-refractivity contribution in [2.75, 3.05) is 7.11 Å². The summed E-state index contributed by atoms with van der Waals surface area (Å²) in [6, 6.07) is 4.06. The molecule has 0 amide bonds. The number of benzene rings is 1. The molecular formula is C13H20O2. The van der Waals surface area contributed by atoms with Gasteiger partial charge in [-0.25, -0.2) is 0 Å². The highest BCUT2D eigenvalue weighted by Gasteiger charge is 2.17. The minimum Gasteiger partial charge on any atom is -0.507 e. The molecule has 1 aromatic rings. The summed E-state index contributed by atoms with van der Waals surface area (Å²) in [4.78, 5) is 0. The van der Waals surface area contributed by atoms with E-state index in [0.29, 0.717) is 12.4 Å². The van der Waals surface area contributed by atoms with Gasteiger partial charge in [0.2, 0.25) is 0 Å². The third-order valence-electron chi connectivity index (χ3n) is 2.55. The van der Waals surface area contributed by atoms with Crippen LogP contribution >= 0.6 is 0 Å². The average molecular weight is 208 g/mol. The van der Waals surface area contributed by atoms with E-state index in [1.807, 2.05) is 19.1 Å². The van der Waals surface area contributed by atoms with Crippen molar-refractivity contribution in [2.24, 2.45) is 0 Å². The fourth-order valence-electron chi connectivity index (χ4n) is 1.55. The largest absolute Gasteiger partial charge is 0.507 e. The number of hydrogen-bond acceptors (Lipinski definition) is 2. The van der Waals surface area contributed by atoms with Crippen LogP contribution in [0.1, 0.15) is 37.5 Å². The van der Waals surface area contributed by atoms with Crippen molar-refractivity contribution in [3.05, 3.63) is 28.8 Å². The van der Waals surface area contributed by atoms with Gasteiger partial charge in [-0.3, -0.25) is 0 Å². The van der Waals surface area contributed by atoms with Gasteiger partial charge in [0.05, 0.1) is 6.61 Å². The van der Waals surface area contributed by atoms with E-state index in [1.54, 1.807) is 7.11 Å². The second kappa shape index (κ2) is 4.23. The van der Waals surface area contributed by atoms with Gasteiger partial charge < -0.3 is 9.84 Å². The number of phenols is 1. The maximum atomic E-state index is 9.84. The van der Waals surface area contributed by atoms with Crippen LogP contribution in [0.2, 0.25) is 0 Å². The maximum absolute atomic E-state index is 9.84. The lowest BCUT2D eigenvalue weighted by Crippen LogP contribution is -2.12. The van der Waals surface area contributed by atoms with Gasteiger partial charge in [0.25, 0.3) is 0 Å². The van der Waals surface area contributed by atoms with E-state index in [1.165, 1.54) is 5.56 Å². The van der Waals surface area contributed by atoms with Gasteiger partial charge in [-0.15, -0.1) is 0 Å². The topological polar surface area (TPSA) is 29.5 Å². The zero-order chi connectivity index (χ0) is 11.6. The fourth-order valence-corrected chi connectivity index (χ4v) is 1.55. The number of aromatic hydroxyl groups is 1. The Kier molecular flexibility index (Phi) is 3.40. The second-order valence-corrected chi connectivity index (χ2v) is 4.98. The van der Waals surface area contributed by atoms with Crippen molar-refractivity contribution >= 4 is 0 Å². The first-order valence-corrected chi connectivity index (χ1v) is 5.18. The van der Waals surface area contributed by atoms with E-state index in [4.69, 9.17) is 4.74 Å². The van der Waals surface area contributed by atoms with Crippen molar-refractivity contribution < 1.29 is 9.84 Å². The number of phenolic OH excluding ortho intramolecular Hbond substituents is 1. The van der Waals surface area contributed by atoms with Crippen LogP contribution in [-0.2, 0) is 16.8 Å². The van der Waals surface area contributed by atoms with Crippen LogP contribution in [0, 0.1) is 6.92 Å². The highest BCUT2D eigenvalue weighted by molar-refractivity contribution is 5.44. The van der Waals surface area contributed by atoms with Gasteiger partial charge in [0.15, 0.2) is 0 Å². The number of hydrogen-bond donors (Lipinski definition) is 1. The van der Waals surface area contributed by atoms with Crippen LogP contribution in [0.25, 0.3) is 0 Å². The van der Waals surface area contributed by atoms with Gasteiger partial charge in [-0.2, -0.15) is 0 Å². The molecule has 1 rings (SSSR count). The van der Waals surface area contributed by atoms with E-state index in [0.717, 1.165) is 11.1 Å². The third kappa shape index (κ3) is 2.72. The Labute approximate surface area is 91.9 Å². The Morgan fingerprint density at radius 1 is 1.27 bits per heavy atom. The molecule has 2 heteroatoms. The Morgan fingerprint density at radius 2 is 1.87 bits per heavy atom. The van der Waals surface area contributed by atoms with Gasteiger partial charge >= 0.3 is 0 Å². The molecule has 0 atom stereocenters. The number of rotatable bonds is 2. The fraction of sp³-hybridized carbons (Fsp3) is 0.538. The molecule has 0 aliphatic heterocycles. The highest BCUT2D eigenvalue weighted by Crippen LogP contribution is 2.30. The summed E-state index contributed by atoms with van der Waals surface area (Å²) in [5.41, 5.74) is 3.10. The number of ether oxygens (including phenoxy) is 1. The SMILES string of the molecule is COCc1cc(C(C)(C)C)cc(C)c1O. The van der Waals surface area contributed by atoms with Crippen LogP contribution in [0.5, 0.6) is 5.75 Å². The van der Waals surface area contributed by atoms with E-state index in [2.05, 4.69) is 20.8 Å². The van der Waals surface area contributed by atoms with E-state index in [9.17, 15) is 5.11 Å². The van der Waals surface area contributed by atoms with Gasteiger partial charge in [-0.1, -0.05) is 26.8 Å². The predicted molar refractivity (Wildman–Crippen MR) is 62.3 cm³/mol. The standard InChI is InChI=1S/C13H20O2/c1-9-6-11(13(2,3)4)7-10(8-15-5)12(9)14/h6-7,14H,8H2,1-5H3. The van der Waals surface area contributed by atoms with E-state index < -0.39 is 0 Å². The second-order valence-electron chi connectivity index (χ2n) is 4.98.